The van der Waals surface area contributed by atoms with E-state index in [-0.39, 0.29) is 60.9 Å². The van der Waals surface area contributed by atoms with Gasteiger partial charge >= 0.3 is 0 Å². The highest BCUT2D eigenvalue weighted by Gasteiger charge is 2.53. The first-order chi connectivity index (χ1) is 31.5. The lowest BCUT2D eigenvalue weighted by Crippen LogP contribution is -2.69. The molecule has 2 aromatic rings. The molecule has 1 aliphatic carbocycles. The second-order valence-electron chi connectivity index (χ2n) is 20.1. The van der Waals surface area contributed by atoms with E-state index >= 15 is 0 Å². The molecular formula is C47H67N13O5. The number of benzene rings is 1. The first-order valence-electron chi connectivity index (χ1n) is 24.3. The van der Waals surface area contributed by atoms with Gasteiger partial charge in [-0.1, -0.05) is 12.2 Å². The lowest BCUT2D eigenvalue weighted by atomic mass is 9.66. The van der Waals surface area contributed by atoms with E-state index in [1.165, 1.54) is 31.4 Å². The van der Waals surface area contributed by atoms with Crippen LogP contribution in [0.4, 0.5) is 17.2 Å². The predicted molar refractivity (Wildman–Crippen MR) is 245 cm³/mol. The zero-order valence-corrected chi connectivity index (χ0v) is 37.7. The number of anilines is 3. The first kappa shape index (κ1) is 44.1. The molecule has 7 atom stereocenters. The minimum Gasteiger partial charge on any atom is -0.389 e. The number of amides is 4. The van der Waals surface area contributed by atoms with Gasteiger partial charge in [-0.15, -0.1) is 10.2 Å². The van der Waals surface area contributed by atoms with Crippen molar-refractivity contribution in [3.8, 4) is 0 Å². The van der Waals surface area contributed by atoms with Gasteiger partial charge in [0.15, 0.2) is 11.5 Å². The molecule has 65 heavy (non-hydrogen) atoms. The van der Waals surface area contributed by atoms with Crippen LogP contribution in [0.3, 0.4) is 0 Å². The van der Waals surface area contributed by atoms with E-state index in [1.807, 2.05) is 18.0 Å². The summed E-state index contributed by atoms with van der Waals surface area (Å²) in [4.78, 5) is 57.5. The number of aliphatic hydroxyl groups is 1. The Morgan fingerprint density at radius 3 is 2.35 bits per heavy atom. The smallest absolute Gasteiger partial charge is 0.272 e. The van der Waals surface area contributed by atoms with Crippen molar-refractivity contribution in [1.82, 2.24) is 51.7 Å². The van der Waals surface area contributed by atoms with Crippen LogP contribution in [0.5, 0.6) is 0 Å². The van der Waals surface area contributed by atoms with Gasteiger partial charge in [0.05, 0.1) is 30.4 Å². The number of carbonyl (C=O) groups is 4. The van der Waals surface area contributed by atoms with Crippen molar-refractivity contribution in [1.29, 1.82) is 0 Å². The number of rotatable bonds is 7. The number of hydrazine groups is 1. The molecule has 7 N–H and O–H groups in total. The first-order valence-corrected chi connectivity index (χ1v) is 24.3. The molecule has 6 saturated heterocycles. The van der Waals surface area contributed by atoms with Crippen molar-refractivity contribution in [2.24, 2.45) is 11.3 Å². The zero-order chi connectivity index (χ0) is 44.7. The fourth-order valence-electron chi connectivity index (χ4n) is 12.0. The van der Waals surface area contributed by atoms with Gasteiger partial charge in [-0.25, -0.2) is 0 Å². The lowest BCUT2D eigenvalue weighted by Gasteiger charge is -2.49. The van der Waals surface area contributed by atoms with Gasteiger partial charge < -0.3 is 25.5 Å². The van der Waals surface area contributed by atoms with Crippen LogP contribution in [0, 0.1) is 11.3 Å². The molecule has 18 heteroatoms. The van der Waals surface area contributed by atoms with E-state index in [1.54, 1.807) is 6.07 Å². The Labute approximate surface area is 381 Å². The molecule has 4 amide bonds. The van der Waals surface area contributed by atoms with Crippen LogP contribution < -0.4 is 41.7 Å². The molecule has 8 heterocycles. The Kier molecular flexibility index (Phi) is 12.6. The molecule has 2 bridgehead atoms. The molecule has 10 rings (SSSR count). The van der Waals surface area contributed by atoms with Crippen molar-refractivity contribution in [3.63, 3.8) is 0 Å². The highest BCUT2D eigenvalue weighted by Crippen LogP contribution is 2.46. The predicted octanol–water partition coefficient (Wildman–Crippen LogP) is 1.82. The number of imide groups is 1. The van der Waals surface area contributed by atoms with Crippen molar-refractivity contribution in [2.75, 3.05) is 67.5 Å². The van der Waals surface area contributed by atoms with Crippen molar-refractivity contribution in [2.45, 2.75) is 133 Å². The molecular weight excluding hydrogens is 827 g/mol. The number of nitrogens with zero attached hydrogens (tertiary/aromatic N) is 7. The molecule has 1 spiro atoms. The number of nitrogens with one attached hydrogen (secondary N) is 6. The maximum Gasteiger partial charge on any atom is 0.272 e. The number of aromatic nitrogens is 2. The van der Waals surface area contributed by atoms with Crippen molar-refractivity contribution < 1.29 is 24.3 Å². The third-order valence-corrected chi connectivity index (χ3v) is 16.1. The zero-order valence-electron chi connectivity index (χ0n) is 37.7. The topological polar surface area (TPSA) is 203 Å². The minimum atomic E-state index is -0.807. The third kappa shape index (κ3) is 9.34. The number of carbonyl (C=O) groups excluding carboxylic acids is 4. The Balaban J connectivity index is 0.667. The molecule has 1 aromatic carbocycles. The molecule has 1 saturated carbocycles. The van der Waals surface area contributed by atoms with E-state index in [2.05, 4.69) is 98.2 Å². The summed E-state index contributed by atoms with van der Waals surface area (Å²) < 4.78 is 0. The standard InChI is InChI=1S/C47H67N13O5/c1-46(65)18-3-2-4-23-59-44(64)34-30-48-45(53-41(34)60(59)38-7-5-6-37(46)51-38)49-31-8-10-32(11-9-31)56-26-28-57(29-27-56)33-16-19-47(20-17-33)21-24-58(25-22-47)39-14-12-36(54-55-39)43(63)50-35-13-15-40(61)52-42(35)62/h2,4,8-12,14,33-35,37-38,41,45,48-49,51,53,65H,3,5-7,13,15-30H2,1H3,(H,50,63)(H,52,61,62)/b4-2-/t34?,35?,37?,38?,41?,45?,46-/m1/s1. The second kappa shape index (κ2) is 18.5. The van der Waals surface area contributed by atoms with Crippen LogP contribution in [-0.4, -0.2) is 149 Å². The maximum absolute atomic E-state index is 13.8. The Hall–Kier alpha value is -4.72. The van der Waals surface area contributed by atoms with Gasteiger partial charge in [0, 0.05) is 75.7 Å². The van der Waals surface area contributed by atoms with Gasteiger partial charge in [0.2, 0.25) is 17.7 Å². The summed E-state index contributed by atoms with van der Waals surface area (Å²) in [5, 5.41) is 43.7. The Morgan fingerprint density at radius 2 is 1.62 bits per heavy atom. The van der Waals surface area contributed by atoms with Crippen LogP contribution in [0.15, 0.2) is 48.6 Å². The minimum absolute atomic E-state index is 0.0192. The molecule has 8 aliphatic rings. The molecule has 6 unspecified atom stereocenters. The van der Waals surface area contributed by atoms with Crippen LogP contribution in [0.1, 0.15) is 101 Å². The van der Waals surface area contributed by atoms with Crippen molar-refractivity contribution in [3.05, 3.63) is 54.2 Å². The van der Waals surface area contributed by atoms with Gasteiger partial charge in [0.1, 0.15) is 12.3 Å². The van der Waals surface area contributed by atoms with E-state index in [0.717, 1.165) is 89.3 Å². The number of piperidine rings is 3. The largest absolute Gasteiger partial charge is 0.389 e. The molecule has 7 fully saturated rings. The van der Waals surface area contributed by atoms with E-state index in [4.69, 9.17) is 0 Å². The normalized spacial score (nSPS) is 33.1. The molecule has 1 aromatic heterocycles. The van der Waals surface area contributed by atoms with E-state index < -0.39 is 23.5 Å². The highest BCUT2D eigenvalue weighted by atomic mass is 16.3. The Morgan fingerprint density at radius 1 is 0.831 bits per heavy atom. The van der Waals surface area contributed by atoms with Gasteiger partial charge in [0.25, 0.3) is 5.91 Å². The fraction of sp³-hybridized carbons (Fsp3) is 0.660. The van der Waals surface area contributed by atoms with E-state index in [9.17, 15) is 24.3 Å². The third-order valence-electron chi connectivity index (χ3n) is 16.1. The Bertz CT molecular complexity index is 2080. The number of hydrogen-bond acceptors (Lipinski definition) is 15. The van der Waals surface area contributed by atoms with Crippen LogP contribution >= 0.6 is 0 Å². The maximum atomic E-state index is 13.8. The number of allylic oxidation sites excluding steroid dienone is 1. The van der Waals surface area contributed by atoms with Gasteiger partial charge in [-0.2, -0.15) is 5.01 Å². The molecule has 350 valence electrons. The summed E-state index contributed by atoms with van der Waals surface area (Å²) in [5.41, 5.74) is 1.98. The molecule has 7 aliphatic heterocycles. The summed E-state index contributed by atoms with van der Waals surface area (Å²) >= 11 is 0. The van der Waals surface area contributed by atoms with Gasteiger partial charge in [-0.3, -0.25) is 50.4 Å². The quantitative estimate of drug-likeness (QED) is 0.157. The molecule has 0 radical (unpaired) electrons. The number of hydrogen-bond donors (Lipinski definition) is 7. The average molecular weight is 894 g/mol. The van der Waals surface area contributed by atoms with Crippen molar-refractivity contribution >= 4 is 40.8 Å². The van der Waals surface area contributed by atoms with Crippen LogP contribution in [0.2, 0.25) is 0 Å². The summed E-state index contributed by atoms with van der Waals surface area (Å²) in [7, 11) is 0. The second-order valence-corrected chi connectivity index (χ2v) is 20.1. The van der Waals surface area contributed by atoms with E-state index in [0.29, 0.717) is 31.0 Å². The van der Waals surface area contributed by atoms with Gasteiger partial charge in [-0.05, 0) is 126 Å². The summed E-state index contributed by atoms with van der Waals surface area (Å²) in [6.45, 7) is 9.06. The number of fused-ring (bicyclic) bond motifs is 6. The van der Waals surface area contributed by atoms with Crippen LogP contribution in [-0.2, 0) is 14.4 Å². The summed E-state index contributed by atoms with van der Waals surface area (Å²) in [5.74, 6) is -0.571. The monoisotopic (exact) mass is 894 g/mol. The SMILES string of the molecule is C[C@@]1(O)CC/C=C\CN2C(=O)C3CNC(Nc4ccc(N5CCN(C6CCC7(CC6)CCN(c6ccc(C(=O)NC8CCC(=O)NC8=O)nn6)CC7)CC5)cc4)NC3N2C2CCCC1N2. The highest BCUT2D eigenvalue weighted by molar-refractivity contribution is 6.03. The fourth-order valence-corrected chi connectivity index (χ4v) is 12.0. The average Bonchev–Trinajstić information content (AvgIpc) is 3.59. The summed E-state index contributed by atoms with van der Waals surface area (Å²) in [6.07, 6.45) is 15.8. The molecule has 18 nitrogen and oxygen atoms in total. The van der Waals surface area contributed by atoms with Crippen LogP contribution in [0.25, 0.3) is 0 Å². The number of piperazine rings is 1. The lowest BCUT2D eigenvalue weighted by molar-refractivity contribution is -0.146. The summed E-state index contributed by atoms with van der Waals surface area (Å²) in [6, 6.07) is 12.1.